The summed E-state index contributed by atoms with van der Waals surface area (Å²) < 4.78 is 3.94. The van der Waals surface area contributed by atoms with Gasteiger partial charge in [-0.2, -0.15) is 5.26 Å². The second kappa shape index (κ2) is 7.21. The number of rotatable bonds is 4. The minimum Gasteiger partial charge on any atom is -0.372 e. The van der Waals surface area contributed by atoms with Gasteiger partial charge in [-0.05, 0) is 13.0 Å². The number of fused-ring (bicyclic) bond motifs is 1. The molecule has 2 heterocycles. The Kier molecular flexibility index (Phi) is 4.97. The molecule has 0 aliphatic rings. The minimum absolute atomic E-state index is 0.437. The molecular weight excluding hydrogens is 364 g/mol. The molecule has 0 aliphatic carbocycles. The van der Waals surface area contributed by atoms with Gasteiger partial charge in [-0.15, -0.1) is 10.2 Å². The lowest BCUT2D eigenvalue weighted by Crippen LogP contribution is -2.25. The van der Waals surface area contributed by atoms with E-state index in [1.165, 1.54) is 0 Å². The fraction of sp³-hybridized carbons (Fsp3) is 0.278. The van der Waals surface area contributed by atoms with Gasteiger partial charge in [0.2, 0.25) is 11.8 Å². The maximum Gasteiger partial charge on any atom is 0.244 e. The number of halogens is 1. The smallest absolute Gasteiger partial charge is 0.244 e. The molecule has 3 rings (SSSR count). The van der Waals surface area contributed by atoms with E-state index in [1.54, 1.807) is 20.2 Å². The number of azo groups is 1. The van der Waals surface area contributed by atoms with Crippen LogP contribution in [0, 0.1) is 18.3 Å². The summed E-state index contributed by atoms with van der Waals surface area (Å²) in [7, 11) is 7.36. The zero-order chi connectivity index (χ0) is 19.7. The second-order valence-electron chi connectivity index (χ2n) is 6.10. The Morgan fingerprint density at radius 3 is 2.56 bits per heavy atom. The number of hydrogen-bond donors (Lipinski definition) is 2. The summed E-state index contributed by atoms with van der Waals surface area (Å²) in [6.45, 7) is 1.83. The van der Waals surface area contributed by atoms with Crippen LogP contribution in [0.2, 0.25) is 5.02 Å². The van der Waals surface area contributed by atoms with Crippen molar-refractivity contribution < 1.29 is 4.57 Å². The first-order chi connectivity index (χ1) is 12.9. The quantitative estimate of drug-likeness (QED) is 0.530. The van der Waals surface area contributed by atoms with Gasteiger partial charge in [0.15, 0.2) is 11.3 Å². The number of aryl methyl sites for hydroxylation is 2. The van der Waals surface area contributed by atoms with Crippen molar-refractivity contribution >= 4 is 45.6 Å². The Balaban J connectivity index is 2.21. The monoisotopic (exact) mass is 383 g/mol. The number of anilines is 2. The first-order valence-electron chi connectivity index (χ1n) is 8.27. The van der Waals surface area contributed by atoms with E-state index in [-0.39, 0.29) is 0 Å². The topological polar surface area (TPSA) is 94.3 Å². The average Bonchev–Trinajstić information content (AvgIpc) is 2.93. The van der Waals surface area contributed by atoms with E-state index < -0.39 is 0 Å². The van der Waals surface area contributed by atoms with Gasteiger partial charge in [-0.25, -0.2) is 14.1 Å². The summed E-state index contributed by atoms with van der Waals surface area (Å²) in [6.07, 6.45) is 1.95. The Morgan fingerprint density at radius 2 is 1.93 bits per heavy atom. The standard InChI is InChI=1S/C18H20ClN8/c1-10-12(8-20)17(21-2)23-18(22-3)15(10)25-24-13-6-11(19)7-14-16(13)27(5)9-26(14)4/h6-7,9H,1-5H3,(H2,21,22,23)/q+1. The van der Waals surface area contributed by atoms with E-state index in [1.807, 2.05) is 42.5 Å². The van der Waals surface area contributed by atoms with Crippen LogP contribution >= 0.6 is 11.6 Å². The molecule has 1 aromatic carbocycles. The number of hydrogen-bond acceptors (Lipinski definition) is 6. The fourth-order valence-electron chi connectivity index (χ4n) is 3.07. The van der Waals surface area contributed by atoms with Crippen LogP contribution in [0.25, 0.3) is 11.0 Å². The first kappa shape index (κ1) is 18.6. The highest BCUT2D eigenvalue weighted by Gasteiger charge is 2.18. The number of benzene rings is 1. The number of nitrogens with one attached hydrogen (secondary N) is 2. The third kappa shape index (κ3) is 3.17. The number of pyridine rings is 1. The van der Waals surface area contributed by atoms with Crippen LogP contribution in [0.3, 0.4) is 0 Å². The molecule has 27 heavy (non-hydrogen) atoms. The predicted molar refractivity (Wildman–Crippen MR) is 106 cm³/mol. The summed E-state index contributed by atoms with van der Waals surface area (Å²) in [5.41, 5.74) is 4.14. The van der Waals surface area contributed by atoms with E-state index in [0.29, 0.717) is 39.2 Å². The fourth-order valence-corrected chi connectivity index (χ4v) is 3.28. The number of imidazole rings is 1. The van der Waals surface area contributed by atoms with Crippen molar-refractivity contribution in [1.82, 2.24) is 9.55 Å². The summed E-state index contributed by atoms with van der Waals surface area (Å²) in [4.78, 5) is 4.42. The van der Waals surface area contributed by atoms with Gasteiger partial charge >= 0.3 is 0 Å². The Hall–Kier alpha value is -3.18. The molecule has 0 spiro atoms. The summed E-state index contributed by atoms with van der Waals surface area (Å²) in [5, 5.41) is 24.8. The lowest BCUT2D eigenvalue weighted by molar-refractivity contribution is -0.645. The summed E-state index contributed by atoms with van der Waals surface area (Å²) in [6, 6.07) is 5.83. The van der Waals surface area contributed by atoms with Gasteiger partial charge in [-0.1, -0.05) is 11.6 Å². The second-order valence-corrected chi connectivity index (χ2v) is 6.54. The van der Waals surface area contributed by atoms with Gasteiger partial charge in [-0.3, -0.25) is 0 Å². The molecule has 0 unspecified atom stereocenters. The van der Waals surface area contributed by atoms with Crippen molar-refractivity contribution in [3.05, 3.63) is 34.6 Å². The van der Waals surface area contributed by atoms with Crippen molar-refractivity contribution in [1.29, 1.82) is 5.26 Å². The Labute approximate surface area is 162 Å². The molecule has 0 fully saturated rings. The van der Waals surface area contributed by atoms with Gasteiger partial charge in [0.05, 0.1) is 19.7 Å². The normalized spacial score (nSPS) is 11.1. The molecule has 0 aliphatic heterocycles. The van der Waals surface area contributed by atoms with E-state index >= 15 is 0 Å². The van der Waals surface area contributed by atoms with Crippen LogP contribution in [0.4, 0.5) is 23.0 Å². The van der Waals surface area contributed by atoms with Gasteiger partial charge in [0, 0.05) is 30.7 Å². The lowest BCUT2D eigenvalue weighted by Gasteiger charge is -2.12. The molecule has 3 aromatic rings. The van der Waals surface area contributed by atoms with E-state index in [9.17, 15) is 5.26 Å². The highest BCUT2D eigenvalue weighted by atomic mass is 35.5. The first-order valence-corrected chi connectivity index (χ1v) is 8.65. The highest BCUT2D eigenvalue weighted by molar-refractivity contribution is 6.31. The van der Waals surface area contributed by atoms with Crippen molar-refractivity contribution in [2.75, 3.05) is 24.7 Å². The molecule has 0 saturated heterocycles. The van der Waals surface area contributed by atoms with Gasteiger partial charge in [0.1, 0.15) is 23.3 Å². The number of aromatic nitrogens is 3. The molecule has 8 nitrogen and oxygen atoms in total. The molecule has 0 bridgehead atoms. The molecule has 0 radical (unpaired) electrons. The molecule has 9 heteroatoms. The molecule has 138 valence electrons. The predicted octanol–water partition coefficient (Wildman–Crippen LogP) is 3.73. The van der Waals surface area contributed by atoms with Crippen LogP contribution < -0.4 is 15.2 Å². The van der Waals surface area contributed by atoms with E-state index in [2.05, 4.69) is 31.9 Å². The SMILES string of the molecule is CNc1nc(NC)c(N=Nc2cc(Cl)cc3c2[n+](C)cn3C)c(C)c1C#N. The van der Waals surface area contributed by atoms with Crippen molar-refractivity contribution in [2.24, 2.45) is 24.3 Å². The van der Waals surface area contributed by atoms with Crippen LogP contribution in [-0.2, 0) is 14.1 Å². The number of nitrogens with zero attached hydrogens (tertiary/aromatic N) is 6. The van der Waals surface area contributed by atoms with Gasteiger partial charge in [0.25, 0.3) is 0 Å². The van der Waals surface area contributed by atoms with Crippen LogP contribution in [0.1, 0.15) is 11.1 Å². The Morgan fingerprint density at radius 1 is 1.22 bits per heavy atom. The molecular formula is C18H20ClN8+. The molecule has 2 N–H and O–H groups in total. The third-order valence-electron chi connectivity index (χ3n) is 4.37. The largest absolute Gasteiger partial charge is 0.372 e. The zero-order valence-corrected chi connectivity index (χ0v) is 16.5. The van der Waals surface area contributed by atoms with Crippen molar-refractivity contribution in [3.8, 4) is 6.07 Å². The number of nitriles is 1. The van der Waals surface area contributed by atoms with Crippen LogP contribution in [-0.4, -0.2) is 23.6 Å². The van der Waals surface area contributed by atoms with Crippen molar-refractivity contribution in [2.45, 2.75) is 6.92 Å². The highest BCUT2D eigenvalue weighted by Crippen LogP contribution is 2.35. The molecule has 0 atom stereocenters. The van der Waals surface area contributed by atoms with E-state index in [0.717, 1.165) is 11.0 Å². The third-order valence-corrected chi connectivity index (χ3v) is 4.59. The van der Waals surface area contributed by atoms with Crippen LogP contribution in [0.15, 0.2) is 28.7 Å². The summed E-state index contributed by atoms with van der Waals surface area (Å²) in [5.74, 6) is 1.04. The molecule has 2 aromatic heterocycles. The maximum atomic E-state index is 9.47. The van der Waals surface area contributed by atoms with Crippen LogP contribution in [0.5, 0.6) is 0 Å². The van der Waals surface area contributed by atoms with E-state index in [4.69, 9.17) is 11.6 Å². The molecule has 0 amide bonds. The summed E-state index contributed by atoms with van der Waals surface area (Å²) >= 11 is 6.26. The molecule has 0 saturated carbocycles. The van der Waals surface area contributed by atoms with Crippen molar-refractivity contribution in [3.63, 3.8) is 0 Å². The average molecular weight is 384 g/mol. The lowest BCUT2D eigenvalue weighted by atomic mass is 10.1. The Bertz CT molecular complexity index is 1110. The maximum absolute atomic E-state index is 9.47. The van der Waals surface area contributed by atoms with Gasteiger partial charge < -0.3 is 10.6 Å². The minimum atomic E-state index is 0.437. The zero-order valence-electron chi connectivity index (χ0n) is 15.8.